The summed E-state index contributed by atoms with van der Waals surface area (Å²) in [7, 11) is 0. The monoisotopic (exact) mass is 294 g/mol. The van der Waals surface area contributed by atoms with Gasteiger partial charge in [0, 0.05) is 17.0 Å². The number of aryl methyl sites for hydroxylation is 2. The van der Waals surface area contributed by atoms with Crippen molar-refractivity contribution in [3.63, 3.8) is 0 Å². The SMILES string of the molecule is NC[C@H]1CCC[C@H]1C(=O)Nc1ccc2c3c(cccc13)CC2. The molecule has 0 heterocycles. The van der Waals surface area contributed by atoms with Gasteiger partial charge in [-0.2, -0.15) is 0 Å². The molecule has 0 spiro atoms. The van der Waals surface area contributed by atoms with Crippen LogP contribution in [0.1, 0.15) is 30.4 Å². The van der Waals surface area contributed by atoms with E-state index in [0.717, 1.165) is 37.8 Å². The van der Waals surface area contributed by atoms with Crippen molar-refractivity contribution < 1.29 is 4.79 Å². The second-order valence-corrected chi connectivity index (χ2v) is 6.63. The highest BCUT2D eigenvalue weighted by Crippen LogP contribution is 2.36. The first-order chi connectivity index (χ1) is 10.8. The largest absolute Gasteiger partial charge is 0.330 e. The van der Waals surface area contributed by atoms with Crippen molar-refractivity contribution in [2.24, 2.45) is 17.6 Å². The molecule has 0 saturated heterocycles. The van der Waals surface area contributed by atoms with E-state index in [-0.39, 0.29) is 11.8 Å². The summed E-state index contributed by atoms with van der Waals surface area (Å²) in [6, 6.07) is 10.7. The van der Waals surface area contributed by atoms with Crippen LogP contribution in [0.15, 0.2) is 30.3 Å². The fourth-order valence-corrected chi connectivity index (χ4v) is 4.25. The third-order valence-corrected chi connectivity index (χ3v) is 5.43. The van der Waals surface area contributed by atoms with E-state index in [1.165, 1.54) is 21.9 Å². The van der Waals surface area contributed by atoms with Crippen LogP contribution < -0.4 is 11.1 Å². The number of carbonyl (C=O) groups excluding carboxylic acids is 1. The van der Waals surface area contributed by atoms with E-state index < -0.39 is 0 Å². The Morgan fingerprint density at radius 1 is 1.14 bits per heavy atom. The van der Waals surface area contributed by atoms with Crippen LogP contribution in [0.25, 0.3) is 10.8 Å². The van der Waals surface area contributed by atoms with Crippen LogP contribution in [0.4, 0.5) is 5.69 Å². The second kappa shape index (κ2) is 5.40. The first-order valence-electron chi connectivity index (χ1n) is 8.32. The van der Waals surface area contributed by atoms with E-state index in [1.807, 2.05) is 0 Å². The molecule has 114 valence electrons. The number of nitrogens with two attached hydrogens (primary N) is 1. The van der Waals surface area contributed by atoms with Crippen molar-refractivity contribution >= 4 is 22.4 Å². The second-order valence-electron chi connectivity index (χ2n) is 6.63. The molecule has 2 aromatic carbocycles. The molecule has 2 aliphatic carbocycles. The van der Waals surface area contributed by atoms with E-state index in [4.69, 9.17) is 5.73 Å². The predicted molar refractivity (Wildman–Crippen MR) is 89.9 cm³/mol. The van der Waals surface area contributed by atoms with Gasteiger partial charge in [-0.3, -0.25) is 4.79 Å². The summed E-state index contributed by atoms with van der Waals surface area (Å²) in [5, 5.41) is 5.71. The van der Waals surface area contributed by atoms with Gasteiger partial charge in [0.1, 0.15) is 0 Å². The number of amides is 1. The third-order valence-electron chi connectivity index (χ3n) is 5.43. The molecule has 2 aliphatic rings. The van der Waals surface area contributed by atoms with Crippen molar-refractivity contribution in [2.45, 2.75) is 32.1 Å². The van der Waals surface area contributed by atoms with Gasteiger partial charge in [0.05, 0.1) is 0 Å². The van der Waals surface area contributed by atoms with Gasteiger partial charge in [0.15, 0.2) is 0 Å². The molecule has 2 atom stereocenters. The molecular formula is C19H22N2O. The summed E-state index contributed by atoms with van der Waals surface area (Å²) >= 11 is 0. The van der Waals surface area contributed by atoms with Gasteiger partial charge < -0.3 is 11.1 Å². The fourth-order valence-electron chi connectivity index (χ4n) is 4.25. The molecule has 0 aliphatic heterocycles. The standard InChI is InChI=1S/C19H22N2O/c20-11-14-4-2-5-15(14)19(22)21-17-10-9-13-8-7-12-3-1-6-16(17)18(12)13/h1,3,6,9-10,14-15H,2,4-5,7-8,11,20H2,(H,21,22)/t14-,15-/m1/s1. The zero-order valence-corrected chi connectivity index (χ0v) is 12.8. The number of nitrogens with one attached hydrogen (secondary N) is 1. The van der Waals surface area contributed by atoms with E-state index in [0.29, 0.717) is 12.5 Å². The average molecular weight is 294 g/mol. The maximum Gasteiger partial charge on any atom is 0.227 e. The molecule has 22 heavy (non-hydrogen) atoms. The predicted octanol–water partition coefficient (Wildman–Crippen LogP) is 3.25. The number of carbonyl (C=O) groups is 1. The van der Waals surface area contributed by atoms with Crippen LogP contribution in [0, 0.1) is 11.8 Å². The Balaban J connectivity index is 1.67. The molecule has 4 rings (SSSR count). The van der Waals surface area contributed by atoms with Gasteiger partial charge >= 0.3 is 0 Å². The first kappa shape index (κ1) is 13.8. The summed E-state index contributed by atoms with van der Waals surface area (Å²) < 4.78 is 0. The zero-order valence-electron chi connectivity index (χ0n) is 12.8. The van der Waals surface area contributed by atoms with Crippen molar-refractivity contribution in [3.05, 3.63) is 41.5 Å². The molecule has 1 saturated carbocycles. The van der Waals surface area contributed by atoms with Crippen LogP contribution in [0.5, 0.6) is 0 Å². The molecule has 0 aromatic heterocycles. The maximum absolute atomic E-state index is 12.6. The molecule has 1 amide bonds. The number of benzene rings is 2. The Morgan fingerprint density at radius 2 is 1.95 bits per heavy atom. The molecule has 3 nitrogen and oxygen atoms in total. The Morgan fingerprint density at radius 3 is 2.77 bits per heavy atom. The lowest BCUT2D eigenvalue weighted by Gasteiger charge is -2.18. The third kappa shape index (κ3) is 2.12. The van der Waals surface area contributed by atoms with Crippen LogP contribution in [-0.2, 0) is 17.6 Å². The normalized spacial score (nSPS) is 23.1. The number of hydrogen-bond donors (Lipinski definition) is 2. The van der Waals surface area contributed by atoms with Gasteiger partial charge in [-0.15, -0.1) is 0 Å². The summed E-state index contributed by atoms with van der Waals surface area (Å²) in [6.45, 7) is 0.613. The number of rotatable bonds is 3. The van der Waals surface area contributed by atoms with Crippen molar-refractivity contribution in [1.82, 2.24) is 0 Å². The Kier molecular flexibility index (Phi) is 3.38. The molecular weight excluding hydrogens is 272 g/mol. The topological polar surface area (TPSA) is 55.1 Å². The first-order valence-corrected chi connectivity index (χ1v) is 8.32. The maximum atomic E-state index is 12.6. The smallest absolute Gasteiger partial charge is 0.227 e. The number of hydrogen-bond acceptors (Lipinski definition) is 2. The highest BCUT2D eigenvalue weighted by atomic mass is 16.1. The molecule has 3 N–H and O–H groups in total. The lowest BCUT2D eigenvalue weighted by Crippen LogP contribution is -2.29. The minimum atomic E-state index is 0.0769. The minimum Gasteiger partial charge on any atom is -0.330 e. The zero-order chi connectivity index (χ0) is 15.1. The van der Waals surface area contributed by atoms with E-state index in [1.54, 1.807) is 0 Å². The fraction of sp³-hybridized carbons (Fsp3) is 0.421. The summed E-state index contributed by atoms with van der Waals surface area (Å²) in [6.07, 6.45) is 5.39. The lowest BCUT2D eigenvalue weighted by molar-refractivity contribution is -0.120. The molecule has 2 aromatic rings. The Bertz CT molecular complexity index is 727. The summed E-state index contributed by atoms with van der Waals surface area (Å²) in [5.41, 5.74) is 9.58. The quantitative estimate of drug-likeness (QED) is 0.913. The minimum absolute atomic E-state index is 0.0769. The van der Waals surface area contributed by atoms with Crippen molar-refractivity contribution in [2.75, 3.05) is 11.9 Å². The van der Waals surface area contributed by atoms with Crippen LogP contribution in [0.2, 0.25) is 0 Å². The van der Waals surface area contributed by atoms with Gasteiger partial charge in [-0.25, -0.2) is 0 Å². The van der Waals surface area contributed by atoms with Crippen molar-refractivity contribution in [3.8, 4) is 0 Å². The van der Waals surface area contributed by atoms with Gasteiger partial charge in [0.2, 0.25) is 5.91 Å². The average Bonchev–Trinajstić information content (AvgIpc) is 3.18. The Hall–Kier alpha value is -1.87. The van der Waals surface area contributed by atoms with E-state index in [9.17, 15) is 4.79 Å². The number of anilines is 1. The van der Waals surface area contributed by atoms with Crippen LogP contribution in [0.3, 0.4) is 0 Å². The van der Waals surface area contributed by atoms with Gasteiger partial charge in [-0.05, 0) is 60.7 Å². The lowest BCUT2D eigenvalue weighted by atomic mass is 9.95. The molecule has 3 heteroatoms. The highest BCUT2D eigenvalue weighted by molar-refractivity contribution is 6.05. The molecule has 0 bridgehead atoms. The van der Waals surface area contributed by atoms with E-state index >= 15 is 0 Å². The van der Waals surface area contributed by atoms with E-state index in [2.05, 4.69) is 35.6 Å². The highest BCUT2D eigenvalue weighted by Gasteiger charge is 2.32. The summed E-state index contributed by atoms with van der Waals surface area (Å²) in [5.74, 6) is 0.566. The molecule has 0 radical (unpaired) electrons. The van der Waals surface area contributed by atoms with Crippen LogP contribution >= 0.6 is 0 Å². The van der Waals surface area contributed by atoms with Gasteiger partial charge in [-0.1, -0.05) is 30.7 Å². The van der Waals surface area contributed by atoms with Crippen molar-refractivity contribution in [1.29, 1.82) is 0 Å². The molecule has 1 fully saturated rings. The van der Waals surface area contributed by atoms with Gasteiger partial charge in [0.25, 0.3) is 0 Å². The summed E-state index contributed by atoms with van der Waals surface area (Å²) in [4.78, 5) is 12.6. The van der Waals surface area contributed by atoms with Crippen LogP contribution in [-0.4, -0.2) is 12.5 Å². The molecule has 0 unspecified atom stereocenters. The Labute approximate surface area is 130 Å².